The van der Waals surface area contributed by atoms with Crippen molar-refractivity contribution in [3.8, 4) is 5.88 Å². The van der Waals surface area contributed by atoms with Crippen molar-refractivity contribution in [2.45, 2.75) is 26.3 Å². The summed E-state index contributed by atoms with van der Waals surface area (Å²) in [7, 11) is 1.64. The van der Waals surface area contributed by atoms with Crippen LogP contribution in [0.15, 0.2) is 30.5 Å². The molecule has 16 heavy (non-hydrogen) atoms. The first kappa shape index (κ1) is 12.7. The summed E-state index contributed by atoms with van der Waals surface area (Å²) in [6.45, 7) is 9.12. The highest BCUT2D eigenvalue weighted by Crippen LogP contribution is 2.26. The van der Waals surface area contributed by atoms with Crippen LogP contribution < -0.4 is 10.1 Å². The molecule has 0 amide bonds. The fraction of sp³-hybridized carbons (Fsp3) is 0.462. The summed E-state index contributed by atoms with van der Waals surface area (Å²) in [5.41, 5.74) is 2.12. The number of nitrogens with zero attached hydrogens (tertiary/aromatic N) is 1. The molecule has 1 unspecified atom stereocenters. The number of aromatic nitrogens is 1. The monoisotopic (exact) mass is 220 g/mol. The molecular formula is C13H20N2O. The summed E-state index contributed by atoms with van der Waals surface area (Å²) in [6, 6.07) is 4.05. The molecule has 1 rings (SSSR count). The lowest BCUT2D eigenvalue weighted by Gasteiger charge is -2.20. The van der Waals surface area contributed by atoms with Gasteiger partial charge in [-0.15, -0.1) is 0 Å². The third-order valence-electron chi connectivity index (χ3n) is 2.40. The van der Waals surface area contributed by atoms with Gasteiger partial charge in [0, 0.05) is 11.8 Å². The van der Waals surface area contributed by atoms with Crippen LogP contribution in [-0.2, 0) is 0 Å². The number of methoxy groups -OCH3 is 1. The van der Waals surface area contributed by atoms with Gasteiger partial charge in [0.05, 0.1) is 13.2 Å². The van der Waals surface area contributed by atoms with Crippen molar-refractivity contribution in [2.24, 2.45) is 0 Å². The van der Waals surface area contributed by atoms with Crippen molar-refractivity contribution in [1.82, 2.24) is 10.3 Å². The highest BCUT2D eigenvalue weighted by atomic mass is 16.5. The molecule has 1 heterocycles. The van der Waals surface area contributed by atoms with Crippen molar-refractivity contribution >= 4 is 0 Å². The highest BCUT2D eigenvalue weighted by molar-refractivity contribution is 5.33. The van der Waals surface area contributed by atoms with E-state index in [-0.39, 0.29) is 6.04 Å². The van der Waals surface area contributed by atoms with E-state index in [4.69, 9.17) is 4.74 Å². The normalized spacial score (nSPS) is 12.2. The van der Waals surface area contributed by atoms with E-state index in [9.17, 15) is 0 Å². The van der Waals surface area contributed by atoms with Gasteiger partial charge in [-0.1, -0.05) is 25.1 Å². The summed E-state index contributed by atoms with van der Waals surface area (Å²) in [4.78, 5) is 4.21. The lowest BCUT2D eigenvalue weighted by Crippen LogP contribution is -2.23. The molecule has 0 bridgehead atoms. The Balaban J connectivity index is 2.95. The van der Waals surface area contributed by atoms with Crippen molar-refractivity contribution in [1.29, 1.82) is 0 Å². The minimum atomic E-state index is 0.114. The van der Waals surface area contributed by atoms with Gasteiger partial charge < -0.3 is 10.1 Å². The SMILES string of the molecule is C=C(C)C(NCCC)c1cccnc1OC. The molecule has 1 aromatic rings. The summed E-state index contributed by atoms with van der Waals surface area (Å²) in [6.07, 6.45) is 2.82. The van der Waals surface area contributed by atoms with E-state index in [2.05, 4.69) is 23.8 Å². The van der Waals surface area contributed by atoms with E-state index >= 15 is 0 Å². The Morgan fingerprint density at radius 2 is 2.38 bits per heavy atom. The molecule has 0 spiro atoms. The van der Waals surface area contributed by atoms with Gasteiger partial charge in [-0.05, 0) is 26.0 Å². The van der Waals surface area contributed by atoms with Crippen LogP contribution >= 0.6 is 0 Å². The van der Waals surface area contributed by atoms with Crippen molar-refractivity contribution in [3.63, 3.8) is 0 Å². The summed E-state index contributed by atoms with van der Waals surface area (Å²) >= 11 is 0. The highest BCUT2D eigenvalue weighted by Gasteiger charge is 2.16. The van der Waals surface area contributed by atoms with Crippen LogP contribution in [0.3, 0.4) is 0 Å². The Kier molecular flexibility index (Phi) is 4.99. The van der Waals surface area contributed by atoms with Gasteiger partial charge in [-0.2, -0.15) is 0 Å². The minimum Gasteiger partial charge on any atom is -0.481 e. The van der Waals surface area contributed by atoms with Gasteiger partial charge in [0.15, 0.2) is 0 Å². The largest absolute Gasteiger partial charge is 0.481 e. The molecule has 0 saturated carbocycles. The zero-order chi connectivity index (χ0) is 12.0. The standard InChI is InChI=1S/C13H20N2O/c1-5-8-14-12(10(2)3)11-7-6-9-15-13(11)16-4/h6-7,9,12,14H,2,5,8H2,1,3-4H3. The second kappa shape index (κ2) is 6.28. The van der Waals surface area contributed by atoms with Crippen LogP contribution in [0.4, 0.5) is 0 Å². The first-order valence-corrected chi connectivity index (χ1v) is 5.58. The zero-order valence-corrected chi connectivity index (χ0v) is 10.3. The summed E-state index contributed by atoms with van der Waals surface area (Å²) < 4.78 is 5.26. The van der Waals surface area contributed by atoms with Crippen molar-refractivity contribution in [3.05, 3.63) is 36.0 Å². The maximum atomic E-state index is 5.26. The molecule has 1 aromatic heterocycles. The fourth-order valence-corrected chi connectivity index (χ4v) is 1.63. The molecule has 1 atom stereocenters. The first-order chi connectivity index (χ1) is 7.70. The molecule has 3 heteroatoms. The van der Waals surface area contributed by atoms with E-state index in [1.807, 2.05) is 19.1 Å². The van der Waals surface area contributed by atoms with Crippen LogP contribution in [0, 0.1) is 0 Å². The van der Waals surface area contributed by atoms with Crippen LogP contribution in [0.1, 0.15) is 31.9 Å². The van der Waals surface area contributed by atoms with Gasteiger partial charge in [-0.25, -0.2) is 4.98 Å². The van der Waals surface area contributed by atoms with Crippen LogP contribution in [0.25, 0.3) is 0 Å². The van der Waals surface area contributed by atoms with E-state index in [1.165, 1.54) is 0 Å². The molecule has 0 fully saturated rings. The average molecular weight is 220 g/mol. The van der Waals surface area contributed by atoms with Gasteiger partial charge in [0.1, 0.15) is 0 Å². The number of hydrogen-bond acceptors (Lipinski definition) is 3. The number of ether oxygens (including phenoxy) is 1. The molecular weight excluding hydrogens is 200 g/mol. The lowest BCUT2D eigenvalue weighted by molar-refractivity contribution is 0.386. The number of pyridine rings is 1. The molecule has 1 N–H and O–H groups in total. The molecule has 0 aliphatic heterocycles. The van der Waals surface area contributed by atoms with E-state index < -0.39 is 0 Å². The number of hydrogen-bond donors (Lipinski definition) is 1. The van der Waals surface area contributed by atoms with Crippen LogP contribution in [0.2, 0.25) is 0 Å². The molecule has 0 saturated heterocycles. The summed E-state index contributed by atoms with van der Waals surface area (Å²) in [5.74, 6) is 0.666. The zero-order valence-electron chi connectivity index (χ0n) is 10.3. The molecule has 0 aliphatic rings. The third-order valence-corrected chi connectivity index (χ3v) is 2.40. The Bertz CT molecular complexity index is 350. The maximum absolute atomic E-state index is 5.26. The smallest absolute Gasteiger partial charge is 0.218 e. The molecule has 0 radical (unpaired) electrons. The average Bonchev–Trinajstić information content (AvgIpc) is 2.29. The van der Waals surface area contributed by atoms with E-state index in [1.54, 1.807) is 13.3 Å². The Morgan fingerprint density at radius 3 is 2.94 bits per heavy atom. The number of rotatable bonds is 6. The second-order valence-electron chi connectivity index (χ2n) is 3.84. The predicted octanol–water partition coefficient (Wildman–Crippen LogP) is 2.71. The second-order valence-corrected chi connectivity index (χ2v) is 3.84. The van der Waals surface area contributed by atoms with Gasteiger partial charge in [0.2, 0.25) is 5.88 Å². The quantitative estimate of drug-likeness (QED) is 0.748. The Hall–Kier alpha value is -1.35. The van der Waals surface area contributed by atoms with E-state index in [0.717, 1.165) is 24.1 Å². The Labute approximate surface area is 97.5 Å². The van der Waals surface area contributed by atoms with Crippen LogP contribution in [-0.4, -0.2) is 18.6 Å². The van der Waals surface area contributed by atoms with Gasteiger partial charge in [-0.3, -0.25) is 0 Å². The number of nitrogens with one attached hydrogen (secondary N) is 1. The molecule has 3 nitrogen and oxygen atoms in total. The third kappa shape index (κ3) is 3.07. The van der Waals surface area contributed by atoms with Crippen LogP contribution in [0.5, 0.6) is 5.88 Å². The fourth-order valence-electron chi connectivity index (χ4n) is 1.63. The molecule has 0 aromatic carbocycles. The van der Waals surface area contributed by atoms with Gasteiger partial charge >= 0.3 is 0 Å². The molecule has 88 valence electrons. The predicted molar refractivity (Wildman–Crippen MR) is 66.6 cm³/mol. The minimum absolute atomic E-state index is 0.114. The van der Waals surface area contributed by atoms with Gasteiger partial charge in [0.25, 0.3) is 0 Å². The topological polar surface area (TPSA) is 34.2 Å². The summed E-state index contributed by atoms with van der Waals surface area (Å²) in [5, 5.41) is 3.44. The first-order valence-electron chi connectivity index (χ1n) is 5.58. The lowest BCUT2D eigenvalue weighted by atomic mass is 10.0. The Morgan fingerprint density at radius 1 is 1.62 bits per heavy atom. The molecule has 0 aliphatic carbocycles. The van der Waals surface area contributed by atoms with Crippen molar-refractivity contribution < 1.29 is 4.74 Å². The maximum Gasteiger partial charge on any atom is 0.218 e. The van der Waals surface area contributed by atoms with Crippen molar-refractivity contribution in [2.75, 3.05) is 13.7 Å². The van der Waals surface area contributed by atoms with E-state index in [0.29, 0.717) is 5.88 Å².